The first-order valence-corrected chi connectivity index (χ1v) is 5.72. The highest BCUT2D eigenvalue weighted by Gasteiger charge is 2.15. The third kappa shape index (κ3) is 3.70. The lowest BCUT2D eigenvalue weighted by Crippen LogP contribution is -2.41. The van der Waals surface area contributed by atoms with Gasteiger partial charge < -0.3 is 10.1 Å². The fourth-order valence-electron chi connectivity index (χ4n) is 1.43. The first-order chi connectivity index (χ1) is 8.45. The van der Waals surface area contributed by atoms with E-state index in [1.165, 1.54) is 19.2 Å². The topological polar surface area (TPSA) is 41.6 Å². The monoisotopic (exact) mass is 254 g/mol. The van der Waals surface area contributed by atoms with E-state index in [0.717, 1.165) is 5.56 Å². The quantitative estimate of drug-likeness (QED) is 0.863. The smallest absolute Gasteiger partial charge is 0.237 e. The maximum atomic E-state index is 13.0. The zero-order chi connectivity index (χ0) is 13.7. The van der Waals surface area contributed by atoms with Crippen molar-refractivity contribution in [3.63, 3.8) is 0 Å². The van der Waals surface area contributed by atoms with E-state index >= 15 is 0 Å². The third-order valence-corrected chi connectivity index (χ3v) is 2.86. The molecule has 1 N–H and O–H groups in total. The summed E-state index contributed by atoms with van der Waals surface area (Å²) in [7, 11) is 5.15. The van der Waals surface area contributed by atoms with Gasteiger partial charge in [0.1, 0.15) is 11.6 Å². The van der Waals surface area contributed by atoms with Crippen molar-refractivity contribution in [1.29, 1.82) is 0 Å². The maximum absolute atomic E-state index is 13.0. The van der Waals surface area contributed by atoms with Gasteiger partial charge in [0.25, 0.3) is 0 Å². The first-order valence-electron chi connectivity index (χ1n) is 5.72. The second-order valence-corrected chi connectivity index (χ2v) is 4.31. The highest BCUT2D eigenvalue weighted by molar-refractivity contribution is 5.81. The van der Waals surface area contributed by atoms with Crippen molar-refractivity contribution in [1.82, 2.24) is 10.2 Å². The summed E-state index contributed by atoms with van der Waals surface area (Å²) < 4.78 is 18.1. The van der Waals surface area contributed by atoms with Crippen LogP contribution in [0.5, 0.6) is 5.75 Å². The molecule has 0 saturated heterocycles. The van der Waals surface area contributed by atoms with E-state index in [1.807, 2.05) is 25.9 Å². The van der Waals surface area contributed by atoms with Gasteiger partial charge in [0.2, 0.25) is 5.91 Å². The van der Waals surface area contributed by atoms with Crippen molar-refractivity contribution in [3.05, 3.63) is 29.6 Å². The van der Waals surface area contributed by atoms with Crippen LogP contribution in [-0.2, 0) is 11.3 Å². The van der Waals surface area contributed by atoms with E-state index in [1.54, 1.807) is 6.07 Å². The van der Waals surface area contributed by atoms with E-state index in [0.29, 0.717) is 12.3 Å². The Morgan fingerprint density at radius 2 is 2.17 bits per heavy atom. The lowest BCUT2D eigenvalue weighted by atomic mass is 10.2. The molecule has 5 heteroatoms. The molecule has 0 spiro atoms. The summed E-state index contributed by atoms with van der Waals surface area (Å²) >= 11 is 0. The molecule has 1 atom stereocenters. The molecule has 1 rings (SSSR count). The Hall–Kier alpha value is -1.62. The fraction of sp³-hybridized carbons (Fsp3) is 0.462. The number of halogens is 1. The van der Waals surface area contributed by atoms with E-state index in [4.69, 9.17) is 4.74 Å². The van der Waals surface area contributed by atoms with Gasteiger partial charge in [-0.25, -0.2) is 4.39 Å². The van der Waals surface area contributed by atoms with Gasteiger partial charge in [0.15, 0.2) is 0 Å². The molecule has 0 bridgehead atoms. The predicted molar refractivity (Wildman–Crippen MR) is 67.9 cm³/mol. The molecule has 0 radical (unpaired) electrons. The van der Waals surface area contributed by atoms with E-state index < -0.39 is 0 Å². The minimum atomic E-state index is -0.358. The Morgan fingerprint density at radius 3 is 2.72 bits per heavy atom. The summed E-state index contributed by atoms with van der Waals surface area (Å²) in [4.78, 5) is 13.6. The fourth-order valence-corrected chi connectivity index (χ4v) is 1.43. The van der Waals surface area contributed by atoms with Gasteiger partial charge in [0.05, 0.1) is 13.2 Å². The molecule has 0 aliphatic rings. The molecule has 0 heterocycles. The molecule has 0 aliphatic carbocycles. The molecule has 1 amide bonds. The predicted octanol–water partition coefficient (Wildman–Crippen LogP) is 1.40. The van der Waals surface area contributed by atoms with Gasteiger partial charge >= 0.3 is 0 Å². The molecule has 4 nitrogen and oxygen atoms in total. The molecule has 18 heavy (non-hydrogen) atoms. The number of methoxy groups -OCH3 is 1. The average molecular weight is 254 g/mol. The molecule has 0 fully saturated rings. The molecule has 1 aromatic carbocycles. The number of likely N-dealkylation sites (N-methyl/N-ethyl adjacent to an activating group) is 1. The van der Waals surface area contributed by atoms with Crippen LogP contribution in [-0.4, -0.2) is 38.1 Å². The van der Waals surface area contributed by atoms with Crippen molar-refractivity contribution in [2.75, 3.05) is 21.2 Å². The Bertz CT molecular complexity index is 421. The average Bonchev–Trinajstić information content (AvgIpc) is 2.35. The number of carbonyl (C=O) groups is 1. The molecule has 100 valence electrons. The second-order valence-electron chi connectivity index (χ2n) is 4.31. The van der Waals surface area contributed by atoms with Crippen molar-refractivity contribution < 1.29 is 13.9 Å². The number of hydrogen-bond acceptors (Lipinski definition) is 3. The summed E-state index contributed by atoms with van der Waals surface area (Å²) in [6.07, 6.45) is 0. The number of benzene rings is 1. The minimum Gasteiger partial charge on any atom is -0.496 e. The van der Waals surface area contributed by atoms with Gasteiger partial charge in [-0.2, -0.15) is 0 Å². The van der Waals surface area contributed by atoms with Crippen LogP contribution < -0.4 is 10.1 Å². The molecule has 0 aliphatic heterocycles. The summed E-state index contributed by atoms with van der Waals surface area (Å²) in [5, 5.41) is 2.79. The number of carbonyl (C=O) groups excluding carboxylic acids is 1. The number of nitrogens with one attached hydrogen (secondary N) is 1. The number of nitrogens with zero attached hydrogens (tertiary/aromatic N) is 1. The van der Waals surface area contributed by atoms with Crippen LogP contribution in [0.4, 0.5) is 4.39 Å². The van der Waals surface area contributed by atoms with Crippen LogP contribution in [0.1, 0.15) is 12.5 Å². The lowest BCUT2D eigenvalue weighted by Gasteiger charge is -2.19. The molecular formula is C13H19FN2O2. The molecule has 0 saturated carbocycles. The number of amides is 1. The van der Waals surface area contributed by atoms with E-state index in [9.17, 15) is 9.18 Å². The van der Waals surface area contributed by atoms with Crippen molar-refractivity contribution in [2.24, 2.45) is 0 Å². The zero-order valence-corrected chi connectivity index (χ0v) is 11.2. The normalized spacial score (nSPS) is 12.3. The van der Waals surface area contributed by atoms with E-state index in [2.05, 4.69) is 5.32 Å². The van der Waals surface area contributed by atoms with Gasteiger partial charge in [-0.15, -0.1) is 0 Å². The highest BCUT2D eigenvalue weighted by Crippen LogP contribution is 2.19. The molecular weight excluding hydrogens is 235 g/mol. The summed E-state index contributed by atoms with van der Waals surface area (Å²) in [6, 6.07) is 4.04. The SMILES string of the molecule is COc1cc(F)ccc1CNC(=O)[C@H](C)N(C)C. The summed E-state index contributed by atoms with van der Waals surface area (Å²) in [5.74, 6) is 0.00257. The summed E-state index contributed by atoms with van der Waals surface area (Å²) in [6.45, 7) is 2.14. The van der Waals surface area contributed by atoms with Crippen LogP contribution in [0.2, 0.25) is 0 Å². The number of rotatable bonds is 5. The largest absolute Gasteiger partial charge is 0.496 e. The third-order valence-electron chi connectivity index (χ3n) is 2.86. The zero-order valence-electron chi connectivity index (χ0n) is 11.2. The van der Waals surface area contributed by atoms with Gasteiger partial charge in [-0.1, -0.05) is 6.07 Å². The van der Waals surface area contributed by atoms with Crippen LogP contribution >= 0.6 is 0 Å². The standard InChI is InChI=1S/C13H19FN2O2/c1-9(16(2)3)13(17)15-8-10-5-6-11(14)7-12(10)18-4/h5-7,9H,8H2,1-4H3,(H,15,17)/t9-/m0/s1. The summed E-state index contributed by atoms with van der Waals surface area (Å²) in [5.41, 5.74) is 0.748. The number of ether oxygens (including phenoxy) is 1. The van der Waals surface area contributed by atoms with Crippen molar-refractivity contribution in [3.8, 4) is 5.75 Å². The van der Waals surface area contributed by atoms with Crippen LogP contribution in [0.15, 0.2) is 18.2 Å². The minimum absolute atomic E-state index is 0.0774. The van der Waals surface area contributed by atoms with Crippen molar-refractivity contribution >= 4 is 5.91 Å². The maximum Gasteiger partial charge on any atom is 0.237 e. The second kappa shape index (κ2) is 6.35. The van der Waals surface area contributed by atoms with Crippen LogP contribution in [0, 0.1) is 5.82 Å². The number of hydrogen-bond donors (Lipinski definition) is 1. The lowest BCUT2D eigenvalue weighted by molar-refractivity contribution is -0.125. The van der Waals surface area contributed by atoms with Gasteiger partial charge in [0, 0.05) is 18.2 Å². The molecule has 0 aromatic heterocycles. The Morgan fingerprint density at radius 1 is 1.50 bits per heavy atom. The first kappa shape index (κ1) is 14.4. The van der Waals surface area contributed by atoms with E-state index in [-0.39, 0.29) is 17.8 Å². The Kier molecular flexibility index (Phi) is 5.09. The highest BCUT2D eigenvalue weighted by atomic mass is 19.1. The Labute approximate surface area is 107 Å². The Balaban J connectivity index is 2.66. The van der Waals surface area contributed by atoms with Crippen LogP contribution in [0.25, 0.3) is 0 Å². The van der Waals surface area contributed by atoms with Crippen LogP contribution in [0.3, 0.4) is 0 Å². The van der Waals surface area contributed by atoms with Crippen molar-refractivity contribution in [2.45, 2.75) is 19.5 Å². The van der Waals surface area contributed by atoms with Gasteiger partial charge in [-0.05, 0) is 27.1 Å². The van der Waals surface area contributed by atoms with Gasteiger partial charge in [-0.3, -0.25) is 9.69 Å². The molecule has 0 unspecified atom stereocenters. The molecule has 1 aromatic rings.